The molecule has 3 aromatic rings. The molecule has 2 N–H and O–H groups in total. The minimum atomic E-state index is -0.719. The highest BCUT2D eigenvalue weighted by Gasteiger charge is 2.52. The molecule has 2 unspecified atom stereocenters. The van der Waals surface area contributed by atoms with Gasteiger partial charge in [0.1, 0.15) is 5.75 Å². The van der Waals surface area contributed by atoms with Crippen molar-refractivity contribution in [1.29, 1.82) is 0 Å². The summed E-state index contributed by atoms with van der Waals surface area (Å²) in [5.41, 5.74) is 3.15. The first-order valence-electron chi connectivity index (χ1n) is 12.3. The maximum atomic E-state index is 11.5. The molecule has 1 fully saturated rings. The number of methoxy groups -OCH3 is 1. The van der Waals surface area contributed by atoms with Gasteiger partial charge in [-0.1, -0.05) is 66.7 Å². The highest BCUT2D eigenvalue weighted by Crippen LogP contribution is 2.56. The number of benzene rings is 3. The number of hydrogen-bond acceptors (Lipinski definition) is 5. The molecule has 2 aliphatic rings. The third-order valence-corrected chi connectivity index (χ3v) is 7.74. The molecule has 0 spiro atoms. The van der Waals surface area contributed by atoms with E-state index in [0.29, 0.717) is 0 Å². The fourth-order valence-electron chi connectivity index (χ4n) is 5.89. The molecular weight excluding hydrogens is 424 g/mol. The summed E-state index contributed by atoms with van der Waals surface area (Å²) in [6.45, 7) is 4.84. The van der Waals surface area contributed by atoms with Crippen molar-refractivity contribution >= 4 is 5.69 Å². The maximum absolute atomic E-state index is 11.5. The molecule has 0 saturated carbocycles. The monoisotopic (exact) mass is 458 g/mol. The van der Waals surface area contributed by atoms with Gasteiger partial charge >= 0.3 is 0 Å². The minimum Gasteiger partial charge on any atom is -0.495 e. The van der Waals surface area contributed by atoms with Crippen LogP contribution in [-0.4, -0.2) is 54.9 Å². The van der Waals surface area contributed by atoms with Gasteiger partial charge in [0.05, 0.1) is 30.4 Å². The first-order chi connectivity index (χ1) is 16.6. The summed E-state index contributed by atoms with van der Waals surface area (Å²) in [7, 11) is 1.72. The molecular formula is C29H34N2O3. The van der Waals surface area contributed by atoms with Gasteiger partial charge in [-0.2, -0.15) is 0 Å². The molecule has 0 bridgehead atoms. The van der Waals surface area contributed by atoms with Gasteiger partial charge in [-0.05, 0) is 48.2 Å². The van der Waals surface area contributed by atoms with Crippen LogP contribution in [0, 0.1) is 0 Å². The largest absolute Gasteiger partial charge is 0.495 e. The molecule has 34 heavy (non-hydrogen) atoms. The van der Waals surface area contributed by atoms with Crippen LogP contribution in [0.3, 0.4) is 0 Å². The molecule has 0 aromatic heterocycles. The zero-order valence-corrected chi connectivity index (χ0v) is 19.8. The Labute approximate surface area is 202 Å². The van der Waals surface area contributed by atoms with Crippen molar-refractivity contribution in [2.45, 2.75) is 30.5 Å². The number of para-hydroxylation sites is 2. The Hall–Kier alpha value is -2.86. The molecule has 0 radical (unpaired) electrons. The lowest BCUT2D eigenvalue weighted by Gasteiger charge is -2.39. The van der Waals surface area contributed by atoms with E-state index in [1.165, 1.54) is 0 Å². The lowest BCUT2D eigenvalue weighted by atomic mass is 9.71. The van der Waals surface area contributed by atoms with Gasteiger partial charge in [0, 0.05) is 26.2 Å². The van der Waals surface area contributed by atoms with Crippen molar-refractivity contribution in [3.05, 3.63) is 95.6 Å². The zero-order valence-electron chi connectivity index (χ0n) is 19.8. The van der Waals surface area contributed by atoms with E-state index in [9.17, 15) is 10.2 Å². The highest BCUT2D eigenvalue weighted by molar-refractivity contribution is 5.58. The molecule has 1 heterocycles. The second kappa shape index (κ2) is 9.79. The first-order valence-corrected chi connectivity index (χ1v) is 12.3. The number of ether oxygens (including phenoxy) is 1. The quantitative estimate of drug-likeness (QED) is 0.552. The highest BCUT2D eigenvalue weighted by atomic mass is 16.5. The standard InChI is InChI=1S/C29H34N2O3/c1-34-26-15-8-7-14-25(26)31-20-18-30(19-21-31)17-9-16-29(22-10-3-2-4-11-22)27(32)23-12-5-6-13-24(23)28(29)33/h2-8,10-15,27-28,32-33H,9,16-21H2,1H3. The number of aliphatic hydroxyl groups is 2. The van der Waals surface area contributed by atoms with Gasteiger partial charge < -0.3 is 19.8 Å². The van der Waals surface area contributed by atoms with E-state index in [1.807, 2.05) is 66.7 Å². The Morgan fingerprint density at radius 1 is 0.794 bits per heavy atom. The molecule has 5 rings (SSSR count). The molecule has 3 aromatic carbocycles. The summed E-state index contributed by atoms with van der Waals surface area (Å²) in [6.07, 6.45) is 0.193. The van der Waals surface area contributed by atoms with Crippen molar-refractivity contribution < 1.29 is 14.9 Å². The normalized spacial score (nSPS) is 24.7. The van der Waals surface area contributed by atoms with Crippen LogP contribution >= 0.6 is 0 Å². The SMILES string of the molecule is COc1ccccc1N1CCN(CCCC2(c3ccccc3)C(O)c3ccccc3C2O)CC1. The van der Waals surface area contributed by atoms with Crippen LogP contribution in [0.1, 0.15) is 41.7 Å². The van der Waals surface area contributed by atoms with Gasteiger partial charge in [0.25, 0.3) is 0 Å². The smallest absolute Gasteiger partial charge is 0.142 e. The number of nitrogens with zero attached hydrogens (tertiary/aromatic N) is 2. The maximum Gasteiger partial charge on any atom is 0.142 e. The average Bonchev–Trinajstić information content (AvgIpc) is 3.12. The molecule has 5 heteroatoms. The minimum absolute atomic E-state index is 0.718. The van der Waals surface area contributed by atoms with Gasteiger partial charge in [-0.3, -0.25) is 4.90 Å². The molecule has 1 saturated heterocycles. The fraction of sp³-hybridized carbons (Fsp3) is 0.379. The van der Waals surface area contributed by atoms with E-state index in [0.717, 1.165) is 73.7 Å². The Morgan fingerprint density at radius 3 is 2.03 bits per heavy atom. The predicted octanol–water partition coefficient (Wildman–Crippen LogP) is 4.32. The third-order valence-electron chi connectivity index (χ3n) is 7.74. The van der Waals surface area contributed by atoms with E-state index >= 15 is 0 Å². The summed E-state index contributed by atoms with van der Waals surface area (Å²) in [5, 5.41) is 22.9. The summed E-state index contributed by atoms with van der Waals surface area (Å²) < 4.78 is 5.54. The van der Waals surface area contributed by atoms with Crippen molar-refractivity contribution in [3.63, 3.8) is 0 Å². The predicted molar refractivity (Wildman–Crippen MR) is 135 cm³/mol. The van der Waals surface area contributed by atoms with E-state index < -0.39 is 17.6 Å². The average molecular weight is 459 g/mol. The second-order valence-corrected chi connectivity index (χ2v) is 9.44. The van der Waals surface area contributed by atoms with Crippen molar-refractivity contribution in [2.24, 2.45) is 0 Å². The number of anilines is 1. The van der Waals surface area contributed by atoms with Crippen LogP contribution in [0.2, 0.25) is 0 Å². The fourth-order valence-corrected chi connectivity index (χ4v) is 5.89. The molecule has 1 aliphatic carbocycles. The van der Waals surface area contributed by atoms with Crippen LogP contribution in [-0.2, 0) is 5.41 Å². The molecule has 0 amide bonds. The van der Waals surface area contributed by atoms with E-state index in [2.05, 4.69) is 21.9 Å². The number of piperazine rings is 1. The van der Waals surface area contributed by atoms with Crippen LogP contribution in [0.4, 0.5) is 5.69 Å². The van der Waals surface area contributed by atoms with Crippen molar-refractivity contribution in [1.82, 2.24) is 4.90 Å². The lowest BCUT2D eigenvalue weighted by molar-refractivity contribution is -0.00451. The molecule has 1 aliphatic heterocycles. The molecule has 2 atom stereocenters. The van der Waals surface area contributed by atoms with Gasteiger partial charge in [-0.15, -0.1) is 0 Å². The summed E-state index contributed by atoms with van der Waals surface area (Å²) in [6, 6.07) is 26.1. The molecule has 5 nitrogen and oxygen atoms in total. The van der Waals surface area contributed by atoms with Gasteiger partial charge in [-0.25, -0.2) is 0 Å². The first kappa shape index (κ1) is 22.9. The number of fused-ring (bicyclic) bond motifs is 1. The topological polar surface area (TPSA) is 56.2 Å². The van der Waals surface area contributed by atoms with Crippen LogP contribution in [0.15, 0.2) is 78.9 Å². The second-order valence-electron chi connectivity index (χ2n) is 9.44. The summed E-state index contributed by atoms with van der Waals surface area (Å²) >= 11 is 0. The Bertz CT molecular complexity index is 1070. The third kappa shape index (κ3) is 3.98. The van der Waals surface area contributed by atoms with E-state index in [-0.39, 0.29) is 0 Å². The van der Waals surface area contributed by atoms with Crippen LogP contribution in [0.25, 0.3) is 0 Å². The number of hydrogen-bond donors (Lipinski definition) is 2. The summed E-state index contributed by atoms with van der Waals surface area (Å²) in [4.78, 5) is 4.88. The van der Waals surface area contributed by atoms with E-state index in [4.69, 9.17) is 4.74 Å². The zero-order chi connectivity index (χ0) is 23.5. The van der Waals surface area contributed by atoms with Gasteiger partial charge in [0.2, 0.25) is 0 Å². The Kier molecular flexibility index (Phi) is 6.59. The van der Waals surface area contributed by atoms with E-state index in [1.54, 1.807) is 7.11 Å². The lowest BCUT2D eigenvalue weighted by Crippen LogP contribution is -2.47. The number of rotatable bonds is 7. The van der Waals surface area contributed by atoms with Gasteiger partial charge in [0.15, 0.2) is 0 Å². The summed E-state index contributed by atoms with van der Waals surface area (Å²) in [5.74, 6) is 0.921. The Morgan fingerprint density at radius 2 is 1.38 bits per heavy atom. The Balaban J connectivity index is 1.26. The van der Waals surface area contributed by atoms with Crippen molar-refractivity contribution in [2.75, 3.05) is 44.7 Å². The van der Waals surface area contributed by atoms with Crippen LogP contribution < -0.4 is 9.64 Å². The van der Waals surface area contributed by atoms with Crippen LogP contribution in [0.5, 0.6) is 5.75 Å². The molecule has 178 valence electrons. The van der Waals surface area contributed by atoms with Crippen molar-refractivity contribution in [3.8, 4) is 5.75 Å². The number of aliphatic hydroxyl groups excluding tert-OH is 2.